The molecule has 0 aliphatic rings. The number of aromatic nitrogens is 2. The highest BCUT2D eigenvalue weighted by molar-refractivity contribution is 7.20. The Bertz CT molecular complexity index is 1200. The molecule has 9 heteroatoms. The molecule has 0 fully saturated rings. The summed E-state index contributed by atoms with van der Waals surface area (Å²) in [6.07, 6.45) is 1.44. The summed E-state index contributed by atoms with van der Waals surface area (Å²) in [5.41, 5.74) is 1.83. The second-order valence-electron chi connectivity index (χ2n) is 6.65. The van der Waals surface area contributed by atoms with Gasteiger partial charge in [-0.3, -0.25) is 14.3 Å². The van der Waals surface area contributed by atoms with Crippen molar-refractivity contribution < 1.29 is 14.0 Å². The molecule has 1 aromatic carbocycles. The first kappa shape index (κ1) is 20.2. The van der Waals surface area contributed by atoms with Crippen LogP contribution in [0.15, 0.2) is 53.1 Å². The van der Waals surface area contributed by atoms with E-state index in [0.29, 0.717) is 29.5 Å². The lowest BCUT2D eigenvalue weighted by Crippen LogP contribution is -2.34. The maximum Gasteiger partial charge on any atom is 0.287 e. The van der Waals surface area contributed by atoms with Crippen LogP contribution in [0.4, 0.5) is 0 Å². The Morgan fingerprint density at radius 3 is 2.63 bits per heavy atom. The Balaban J connectivity index is 1.40. The zero-order chi connectivity index (χ0) is 21.1. The first-order valence-corrected chi connectivity index (χ1v) is 10.5. The molecule has 0 atom stereocenters. The third-order valence-corrected chi connectivity index (χ3v) is 6.07. The fourth-order valence-electron chi connectivity index (χ4n) is 3.05. The van der Waals surface area contributed by atoms with E-state index in [1.807, 2.05) is 41.9 Å². The van der Waals surface area contributed by atoms with Crippen LogP contribution in [-0.2, 0) is 6.54 Å². The van der Waals surface area contributed by atoms with Gasteiger partial charge in [-0.25, -0.2) is 0 Å². The van der Waals surface area contributed by atoms with Crippen molar-refractivity contribution in [2.24, 2.45) is 0 Å². The summed E-state index contributed by atoms with van der Waals surface area (Å²) >= 11 is 7.66. The highest BCUT2D eigenvalue weighted by Gasteiger charge is 2.17. The third kappa shape index (κ3) is 4.24. The minimum Gasteiger partial charge on any atom is -0.459 e. The van der Waals surface area contributed by atoms with Crippen molar-refractivity contribution in [3.05, 3.63) is 75.6 Å². The number of furan rings is 1. The zero-order valence-corrected chi connectivity index (χ0v) is 17.7. The van der Waals surface area contributed by atoms with Crippen molar-refractivity contribution in [2.45, 2.75) is 13.5 Å². The molecule has 0 saturated heterocycles. The Morgan fingerprint density at radius 1 is 1.13 bits per heavy atom. The van der Waals surface area contributed by atoms with Crippen LogP contribution in [0.1, 0.15) is 31.5 Å². The van der Waals surface area contributed by atoms with Crippen LogP contribution in [-0.4, -0.2) is 34.7 Å². The molecule has 3 heterocycles. The Hall–Kier alpha value is -3.10. The van der Waals surface area contributed by atoms with E-state index >= 15 is 0 Å². The van der Waals surface area contributed by atoms with Gasteiger partial charge in [0.15, 0.2) is 5.76 Å². The molecular weight excluding hydrogens is 424 g/mol. The molecule has 0 aliphatic carbocycles. The van der Waals surface area contributed by atoms with Gasteiger partial charge in [-0.1, -0.05) is 29.8 Å². The number of nitrogens with zero attached hydrogens (tertiary/aromatic N) is 2. The minimum absolute atomic E-state index is 0.188. The third-order valence-electron chi connectivity index (χ3n) is 4.55. The van der Waals surface area contributed by atoms with Crippen LogP contribution in [0.2, 0.25) is 5.02 Å². The molecule has 154 valence electrons. The van der Waals surface area contributed by atoms with Crippen molar-refractivity contribution in [1.29, 1.82) is 0 Å². The number of fused-ring (bicyclic) bond motifs is 1. The summed E-state index contributed by atoms with van der Waals surface area (Å²) in [6.45, 7) is 3.06. The van der Waals surface area contributed by atoms with E-state index in [1.54, 1.807) is 12.1 Å². The van der Waals surface area contributed by atoms with E-state index in [2.05, 4.69) is 15.7 Å². The lowest BCUT2D eigenvalue weighted by molar-refractivity contribution is 0.0911. The molecule has 0 saturated carbocycles. The number of carbonyl (C=O) groups is 2. The summed E-state index contributed by atoms with van der Waals surface area (Å²) < 4.78 is 6.90. The number of rotatable bonds is 7. The molecule has 0 aliphatic heterocycles. The quantitative estimate of drug-likeness (QED) is 0.425. The number of thiophene rings is 1. The summed E-state index contributed by atoms with van der Waals surface area (Å²) in [6, 6.07) is 12.7. The highest BCUT2D eigenvalue weighted by Crippen LogP contribution is 2.29. The van der Waals surface area contributed by atoms with Crippen LogP contribution in [0.5, 0.6) is 0 Å². The van der Waals surface area contributed by atoms with Gasteiger partial charge in [-0.2, -0.15) is 5.10 Å². The number of hydrogen-bond donors (Lipinski definition) is 2. The molecule has 7 nitrogen and oxygen atoms in total. The molecule has 4 rings (SSSR count). The van der Waals surface area contributed by atoms with Crippen molar-refractivity contribution in [3.63, 3.8) is 0 Å². The van der Waals surface area contributed by atoms with Gasteiger partial charge in [0.25, 0.3) is 11.8 Å². The second kappa shape index (κ2) is 8.73. The number of halogens is 1. The van der Waals surface area contributed by atoms with Gasteiger partial charge in [-0.05, 0) is 36.8 Å². The molecule has 4 aromatic rings. The predicted octanol–water partition coefficient (Wildman–Crippen LogP) is 3.86. The van der Waals surface area contributed by atoms with Gasteiger partial charge in [0.05, 0.1) is 23.4 Å². The van der Waals surface area contributed by atoms with E-state index in [0.717, 1.165) is 21.5 Å². The number of benzene rings is 1. The fourth-order valence-corrected chi connectivity index (χ4v) is 4.33. The molecular formula is C21H19ClN4O3S. The molecule has 2 N–H and O–H groups in total. The number of carbonyl (C=O) groups excluding carboxylic acids is 2. The van der Waals surface area contributed by atoms with Crippen LogP contribution >= 0.6 is 22.9 Å². The maximum absolute atomic E-state index is 12.5. The standard InChI is InChI=1S/C21H19ClN4O3S/c1-13-15-11-18(20(28)24-9-8-23-19(27)17-7-4-10-29-17)30-21(15)26(25-13)12-14-5-2-3-6-16(14)22/h2-7,10-11H,8-9,12H2,1H3,(H,23,27)(H,24,28). The topological polar surface area (TPSA) is 89.2 Å². The van der Waals surface area contributed by atoms with Crippen molar-refractivity contribution in [2.75, 3.05) is 13.1 Å². The molecule has 30 heavy (non-hydrogen) atoms. The van der Waals surface area contributed by atoms with Crippen LogP contribution in [0.3, 0.4) is 0 Å². The van der Waals surface area contributed by atoms with E-state index in [9.17, 15) is 9.59 Å². The van der Waals surface area contributed by atoms with Gasteiger partial charge in [0.1, 0.15) is 4.83 Å². The van der Waals surface area contributed by atoms with Gasteiger partial charge < -0.3 is 15.1 Å². The monoisotopic (exact) mass is 442 g/mol. The minimum atomic E-state index is -0.314. The van der Waals surface area contributed by atoms with E-state index in [1.165, 1.54) is 17.6 Å². The lowest BCUT2D eigenvalue weighted by atomic mass is 10.2. The molecule has 0 unspecified atom stereocenters. The number of hydrogen-bond acceptors (Lipinski definition) is 5. The number of amides is 2. The van der Waals surface area contributed by atoms with Crippen molar-refractivity contribution >= 4 is 45.0 Å². The summed E-state index contributed by atoms with van der Waals surface area (Å²) in [4.78, 5) is 25.9. The number of aryl methyl sites for hydroxylation is 1. The second-order valence-corrected chi connectivity index (χ2v) is 8.09. The summed E-state index contributed by atoms with van der Waals surface area (Å²) in [7, 11) is 0. The largest absolute Gasteiger partial charge is 0.459 e. The Labute approximate surface area is 181 Å². The fraction of sp³-hybridized carbons (Fsp3) is 0.190. The molecule has 2 amide bonds. The van der Waals surface area contributed by atoms with Crippen LogP contribution in [0, 0.1) is 6.92 Å². The summed E-state index contributed by atoms with van der Waals surface area (Å²) in [5, 5.41) is 11.7. The van der Waals surface area contributed by atoms with Crippen molar-refractivity contribution in [3.8, 4) is 0 Å². The average Bonchev–Trinajstić information content (AvgIpc) is 3.46. The first-order valence-electron chi connectivity index (χ1n) is 9.33. The van der Waals surface area contributed by atoms with E-state index in [4.69, 9.17) is 16.0 Å². The van der Waals surface area contributed by atoms with Crippen LogP contribution < -0.4 is 10.6 Å². The maximum atomic E-state index is 12.5. The molecule has 0 bridgehead atoms. The number of nitrogens with one attached hydrogen (secondary N) is 2. The average molecular weight is 443 g/mol. The van der Waals surface area contributed by atoms with Gasteiger partial charge in [-0.15, -0.1) is 11.3 Å². The van der Waals surface area contributed by atoms with Gasteiger partial charge >= 0.3 is 0 Å². The molecule has 0 radical (unpaired) electrons. The van der Waals surface area contributed by atoms with Crippen LogP contribution in [0.25, 0.3) is 10.2 Å². The van der Waals surface area contributed by atoms with Crippen molar-refractivity contribution in [1.82, 2.24) is 20.4 Å². The predicted molar refractivity (Wildman–Crippen MR) is 116 cm³/mol. The SMILES string of the molecule is Cc1nn(Cc2ccccc2Cl)c2sc(C(=O)NCCNC(=O)c3ccco3)cc12. The highest BCUT2D eigenvalue weighted by atomic mass is 35.5. The molecule has 3 aromatic heterocycles. The van der Waals surface area contributed by atoms with E-state index in [-0.39, 0.29) is 17.6 Å². The summed E-state index contributed by atoms with van der Waals surface area (Å²) in [5.74, 6) is -0.261. The Kier molecular flexibility index (Phi) is 5.87. The zero-order valence-electron chi connectivity index (χ0n) is 16.1. The van der Waals surface area contributed by atoms with Gasteiger partial charge in [0, 0.05) is 23.5 Å². The lowest BCUT2D eigenvalue weighted by Gasteiger charge is -2.06. The normalized spacial score (nSPS) is 11.0. The smallest absolute Gasteiger partial charge is 0.287 e. The molecule has 0 spiro atoms. The Morgan fingerprint density at radius 2 is 1.90 bits per heavy atom. The van der Waals surface area contributed by atoms with Gasteiger partial charge in [0.2, 0.25) is 0 Å². The van der Waals surface area contributed by atoms with E-state index < -0.39 is 0 Å². The first-order chi connectivity index (χ1) is 14.5.